The van der Waals surface area contributed by atoms with Crippen molar-refractivity contribution >= 4 is 11.7 Å². The Hall–Kier alpha value is -1.95. The summed E-state index contributed by atoms with van der Waals surface area (Å²) in [5, 5.41) is 0. The van der Waals surface area contributed by atoms with E-state index in [1.807, 2.05) is 19.1 Å². The predicted molar refractivity (Wildman–Crippen MR) is 59.1 cm³/mol. The van der Waals surface area contributed by atoms with Crippen molar-refractivity contribution < 1.29 is 9.53 Å². The van der Waals surface area contributed by atoms with E-state index in [1.54, 1.807) is 13.0 Å². The van der Waals surface area contributed by atoms with Gasteiger partial charge in [0.1, 0.15) is 0 Å². The minimum atomic E-state index is -0.517. The molecule has 0 aliphatic carbocycles. The molecule has 0 spiro atoms. The molecule has 0 aromatic heterocycles. The quantitative estimate of drug-likeness (QED) is 0.427. The third-order valence-corrected chi connectivity index (χ3v) is 1.86. The Labute approximate surface area is 89.2 Å². The number of nitrogens with two attached hydrogens (primary N) is 1. The van der Waals surface area contributed by atoms with E-state index < -0.39 is 5.97 Å². The summed E-state index contributed by atoms with van der Waals surface area (Å²) in [5.41, 5.74) is 8.08. The van der Waals surface area contributed by atoms with Crippen molar-refractivity contribution in [2.24, 2.45) is 0 Å². The Morgan fingerprint density at radius 3 is 2.87 bits per heavy atom. The van der Waals surface area contributed by atoms with Gasteiger partial charge in [-0.3, -0.25) is 0 Å². The highest BCUT2D eigenvalue weighted by Gasteiger charge is 1.95. The first-order valence-corrected chi connectivity index (χ1v) is 4.68. The molecule has 0 aliphatic rings. The van der Waals surface area contributed by atoms with E-state index in [0.717, 1.165) is 5.56 Å². The number of carbonyl (C=O) groups is 1. The molecule has 1 aromatic rings. The molecule has 0 saturated carbocycles. The minimum absolute atomic E-state index is 0.337. The van der Waals surface area contributed by atoms with Gasteiger partial charge in [-0.05, 0) is 31.5 Å². The maximum atomic E-state index is 10.9. The first-order valence-electron chi connectivity index (χ1n) is 4.68. The average Bonchev–Trinajstić information content (AvgIpc) is 2.20. The number of hydrogen-bond acceptors (Lipinski definition) is 3. The summed E-state index contributed by atoms with van der Waals surface area (Å²) in [5.74, 6) is 4.56. The summed E-state index contributed by atoms with van der Waals surface area (Å²) < 4.78 is 4.67. The highest BCUT2D eigenvalue weighted by atomic mass is 16.5. The second kappa shape index (κ2) is 5.06. The van der Waals surface area contributed by atoms with Crippen LogP contribution in [-0.4, -0.2) is 12.6 Å². The number of anilines is 1. The van der Waals surface area contributed by atoms with Crippen molar-refractivity contribution in [1.82, 2.24) is 0 Å². The maximum Gasteiger partial charge on any atom is 0.384 e. The lowest BCUT2D eigenvalue weighted by Crippen LogP contribution is -1.99. The SMILES string of the molecule is CCOC(=O)C#Cc1ccc(C)c(N)c1. The molecule has 3 nitrogen and oxygen atoms in total. The van der Waals surface area contributed by atoms with E-state index in [2.05, 4.69) is 16.6 Å². The molecule has 15 heavy (non-hydrogen) atoms. The van der Waals surface area contributed by atoms with Crippen LogP contribution in [0.5, 0.6) is 0 Å². The van der Waals surface area contributed by atoms with Gasteiger partial charge in [0, 0.05) is 17.2 Å². The van der Waals surface area contributed by atoms with Crippen molar-refractivity contribution in [3.63, 3.8) is 0 Å². The van der Waals surface area contributed by atoms with Gasteiger partial charge in [0.2, 0.25) is 0 Å². The van der Waals surface area contributed by atoms with Gasteiger partial charge in [-0.1, -0.05) is 12.0 Å². The Balaban J connectivity index is 2.80. The number of nitrogen functional groups attached to an aromatic ring is 1. The number of esters is 1. The monoisotopic (exact) mass is 203 g/mol. The fraction of sp³-hybridized carbons (Fsp3) is 0.250. The molecule has 0 unspecified atom stereocenters. The molecule has 0 heterocycles. The summed E-state index contributed by atoms with van der Waals surface area (Å²) in [4.78, 5) is 10.9. The van der Waals surface area contributed by atoms with Gasteiger partial charge in [-0.2, -0.15) is 0 Å². The molecule has 1 rings (SSSR count). The number of carbonyl (C=O) groups excluding carboxylic acids is 1. The molecule has 0 fully saturated rings. The second-order valence-corrected chi connectivity index (χ2v) is 3.04. The van der Waals surface area contributed by atoms with Crippen molar-refractivity contribution in [3.8, 4) is 11.8 Å². The van der Waals surface area contributed by atoms with Crippen molar-refractivity contribution in [2.45, 2.75) is 13.8 Å². The van der Waals surface area contributed by atoms with Gasteiger partial charge in [-0.15, -0.1) is 0 Å². The summed E-state index contributed by atoms with van der Waals surface area (Å²) in [6, 6.07) is 5.42. The maximum absolute atomic E-state index is 10.9. The lowest BCUT2D eigenvalue weighted by atomic mass is 10.1. The third-order valence-electron chi connectivity index (χ3n) is 1.86. The van der Waals surface area contributed by atoms with E-state index in [1.165, 1.54) is 0 Å². The van der Waals surface area contributed by atoms with E-state index in [0.29, 0.717) is 17.9 Å². The third kappa shape index (κ3) is 3.35. The van der Waals surface area contributed by atoms with Gasteiger partial charge in [0.15, 0.2) is 0 Å². The van der Waals surface area contributed by atoms with Gasteiger partial charge in [0.05, 0.1) is 6.61 Å². The van der Waals surface area contributed by atoms with Gasteiger partial charge >= 0.3 is 5.97 Å². The molecule has 0 saturated heterocycles. The number of rotatable bonds is 1. The zero-order valence-electron chi connectivity index (χ0n) is 8.83. The van der Waals surface area contributed by atoms with Gasteiger partial charge in [-0.25, -0.2) is 4.79 Å². The van der Waals surface area contributed by atoms with Crippen LogP contribution in [-0.2, 0) is 9.53 Å². The van der Waals surface area contributed by atoms with Crippen molar-refractivity contribution in [1.29, 1.82) is 0 Å². The van der Waals surface area contributed by atoms with Crippen LogP contribution >= 0.6 is 0 Å². The summed E-state index contributed by atoms with van der Waals surface area (Å²) in [6.07, 6.45) is 0. The van der Waals surface area contributed by atoms with Gasteiger partial charge < -0.3 is 10.5 Å². The van der Waals surface area contributed by atoms with E-state index in [4.69, 9.17) is 5.73 Å². The van der Waals surface area contributed by atoms with Gasteiger partial charge in [0.25, 0.3) is 0 Å². The molecule has 0 radical (unpaired) electrons. The first-order chi connectivity index (χ1) is 7.13. The number of aryl methyl sites for hydroxylation is 1. The van der Waals surface area contributed by atoms with Crippen LogP contribution in [0.1, 0.15) is 18.1 Å². The molecule has 0 aliphatic heterocycles. The Morgan fingerprint density at radius 2 is 2.27 bits per heavy atom. The van der Waals surface area contributed by atoms with Crippen LogP contribution in [0.3, 0.4) is 0 Å². The van der Waals surface area contributed by atoms with E-state index in [9.17, 15) is 4.79 Å². The van der Waals surface area contributed by atoms with Crippen LogP contribution in [0, 0.1) is 18.8 Å². The topological polar surface area (TPSA) is 52.3 Å². The predicted octanol–water partition coefficient (Wildman–Crippen LogP) is 1.49. The minimum Gasteiger partial charge on any atom is -0.456 e. The van der Waals surface area contributed by atoms with Crippen molar-refractivity contribution in [2.75, 3.05) is 12.3 Å². The van der Waals surface area contributed by atoms with Crippen LogP contribution in [0.15, 0.2) is 18.2 Å². The van der Waals surface area contributed by atoms with Crippen LogP contribution in [0.2, 0.25) is 0 Å². The molecule has 78 valence electrons. The van der Waals surface area contributed by atoms with E-state index in [-0.39, 0.29) is 0 Å². The fourth-order valence-electron chi connectivity index (χ4n) is 1.01. The molecule has 0 bridgehead atoms. The van der Waals surface area contributed by atoms with Crippen LogP contribution in [0.4, 0.5) is 5.69 Å². The Bertz CT molecular complexity index is 427. The normalized spacial score (nSPS) is 8.93. The van der Waals surface area contributed by atoms with Crippen LogP contribution in [0.25, 0.3) is 0 Å². The largest absolute Gasteiger partial charge is 0.456 e. The number of benzene rings is 1. The molecular formula is C12H13NO2. The molecule has 1 aromatic carbocycles. The summed E-state index contributed by atoms with van der Waals surface area (Å²) >= 11 is 0. The standard InChI is InChI=1S/C12H13NO2/c1-3-15-12(14)7-6-10-5-4-9(2)11(13)8-10/h4-5,8H,3,13H2,1-2H3. The van der Waals surface area contributed by atoms with E-state index >= 15 is 0 Å². The molecule has 0 amide bonds. The van der Waals surface area contributed by atoms with Crippen LogP contribution < -0.4 is 5.73 Å². The molecule has 0 atom stereocenters. The first kappa shape index (κ1) is 11.1. The lowest BCUT2D eigenvalue weighted by Gasteiger charge is -1.98. The molecular weight excluding hydrogens is 190 g/mol. The lowest BCUT2D eigenvalue weighted by molar-refractivity contribution is -0.136. The summed E-state index contributed by atoms with van der Waals surface area (Å²) in [7, 11) is 0. The smallest absolute Gasteiger partial charge is 0.384 e. The second-order valence-electron chi connectivity index (χ2n) is 3.04. The van der Waals surface area contributed by atoms with Crippen molar-refractivity contribution in [3.05, 3.63) is 29.3 Å². The Morgan fingerprint density at radius 1 is 1.53 bits per heavy atom. The zero-order chi connectivity index (χ0) is 11.3. The number of hydrogen-bond donors (Lipinski definition) is 1. The Kier molecular flexibility index (Phi) is 3.75. The average molecular weight is 203 g/mol. The molecule has 3 heteroatoms. The highest BCUT2D eigenvalue weighted by molar-refractivity contribution is 5.89. The fourth-order valence-corrected chi connectivity index (χ4v) is 1.01. The summed E-state index contributed by atoms with van der Waals surface area (Å²) in [6.45, 7) is 3.99. The number of ether oxygens (including phenoxy) is 1. The highest BCUT2D eigenvalue weighted by Crippen LogP contribution is 2.11. The zero-order valence-corrected chi connectivity index (χ0v) is 8.83. The molecule has 2 N–H and O–H groups in total.